The monoisotopic (exact) mass is 760 g/mol. The molecule has 16 heteroatoms. The summed E-state index contributed by atoms with van der Waals surface area (Å²) in [5.41, 5.74) is 0. The summed E-state index contributed by atoms with van der Waals surface area (Å²) in [5, 5.41) is 0. The molecule has 1 saturated heterocycles. The van der Waals surface area contributed by atoms with E-state index >= 15 is 0 Å². The molecule has 1 aliphatic heterocycles. The Morgan fingerprint density at radius 1 is 0.250 bits per heavy atom. The molecule has 1 heterocycles. The fraction of sp³-hybridized carbons (Fsp3) is 1.00. The van der Waals surface area contributed by atoms with Crippen molar-refractivity contribution in [2.75, 3.05) is 52.9 Å². The quantitative estimate of drug-likeness (QED) is 0.0929. The lowest BCUT2D eigenvalue weighted by atomic mass is 10.2. The molecule has 0 bridgehead atoms. The molecule has 1 aliphatic rings. The van der Waals surface area contributed by atoms with Crippen molar-refractivity contribution in [3.63, 3.8) is 0 Å². The minimum Gasteiger partial charge on any atom is -0.352 e. The van der Waals surface area contributed by atoms with Gasteiger partial charge in [-0.25, -0.2) is 0 Å². The largest absolute Gasteiger partial charge is 0.668 e. The Kier molecular flexibility index (Phi) is 21.1. The Balaban J connectivity index is 4.22. The van der Waals surface area contributed by atoms with E-state index in [2.05, 4.69) is 0 Å². The summed E-state index contributed by atoms with van der Waals surface area (Å²) < 4.78 is 81.0. The van der Waals surface area contributed by atoms with Crippen molar-refractivity contribution in [2.45, 2.75) is 111 Å². The third-order valence-corrected chi connectivity index (χ3v) is 17.9. The first-order valence-corrected chi connectivity index (χ1v) is 24.6. The molecule has 1 rings (SSSR count). The second-order valence-electron chi connectivity index (χ2n) is 16.0. The first-order chi connectivity index (χ1) is 22.2. The summed E-state index contributed by atoms with van der Waals surface area (Å²) in [6.07, 6.45) is 0. The average molecular weight is 761 g/mol. The number of hydrogen-bond acceptors (Lipinski definition) is 12. The third-order valence-electron chi connectivity index (χ3n) is 5.75. The molecule has 0 unspecified atom stereocenters. The van der Waals surface area contributed by atoms with Crippen molar-refractivity contribution < 1.29 is 51.9 Å². The molecular formula is C32H72O12Si4. The standard InChI is InChI=1S/C32H72O12Si4/c1-25(2)17-33-45(34-18-26(3)4)41-46(35-19-27(5)6,36-20-28(7)8)43-48(39-23-31(13)14,40-24-32(15)16)44-47(42-45,37-21-29(9)10)38-22-30(11)12/h25-32H,17-24H2,1-16H3. The van der Waals surface area contributed by atoms with E-state index in [-0.39, 0.29) is 100 Å². The Bertz CT molecular complexity index is 661. The van der Waals surface area contributed by atoms with Crippen LogP contribution in [0.25, 0.3) is 0 Å². The van der Waals surface area contributed by atoms with Crippen LogP contribution in [0.5, 0.6) is 0 Å². The van der Waals surface area contributed by atoms with E-state index in [0.29, 0.717) is 0 Å². The van der Waals surface area contributed by atoms with E-state index < -0.39 is 36.2 Å². The second kappa shape index (κ2) is 21.8. The minimum atomic E-state index is -4.32. The van der Waals surface area contributed by atoms with Gasteiger partial charge in [-0.05, 0) is 47.3 Å². The minimum absolute atomic E-state index is 0.113. The summed E-state index contributed by atoms with van der Waals surface area (Å²) in [7, 11) is -17.3. The lowest BCUT2D eigenvalue weighted by Crippen LogP contribution is -2.76. The van der Waals surface area contributed by atoms with Crippen LogP contribution in [0.15, 0.2) is 0 Å². The van der Waals surface area contributed by atoms with Gasteiger partial charge in [0.15, 0.2) is 0 Å². The van der Waals surface area contributed by atoms with Crippen LogP contribution in [0.1, 0.15) is 111 Å². The highest BCUT2D eigenvalue weighted by Gasteiger charge is 2.75. The van der Waals surface area contributed by atoms with Crippen molar-refractivity contribution in [3.05, 3.63) is 0 Å². The molecule has 48 heavy (non-hydrogen) atoms. The molecule has 0 aliphatic carbocycles. The molecule has 0 atom stereocenters. The smallest absolute Gasteiger partial charge is 0.352 e. The van der Waals surface area contributed by atoms with Crippen LogP contribution in [0.3, 0.4) is 0 Å². The molecule has 288 valence electrons. The lowest BCUT2D eigenvalue weighted by molar-refractivity contribution is -0.121. The summed E-state index contributed by atoms with van der Waals surface area (Å²) >= 11 is 0. The molecule has 12 nitrogen and oxygen atoms in total. The van der Waals surface area contributed by atoms with Gasteiger partial charge in [-0.2, -0.15) is 0 Å². The van der Waals surface area contributed by atoms with Crippen LogP contribution in [0.4, 0.5) is 0 Å². The molecule has 0 aromatic rings. The van der Waals surface area contributed by atoms with Crippen molar-refractivity contribution >= 4 is 36.2 Å². The zero-order valence-electron chi connectivity index (χ0n) is 33.2. The van der Waals surface area contributed by atoms with Gasteiger partial charge < -0.3 is 51.9 Å². The van der Waals surface area contributed by atoms with E-state index in [4.69, 9.17) is 51.9 Å². The highest BCUT2D eigenvalue weighted by molar-refractivity contribution is 6.83. The van der Waals surface area contributed by atoms with Crippen molar-refractivity contribution in [2.24, 2.45) is 47.3 Å². The normalized spacial score (nSPS) is 19.5. The van der Waals surface area contributed by atoms with Crippen LogP contribution < -0.4 is 0 Å². The third kappa shape index (κ3) is 18.2. The average Bonchev–Trinajstić information content (AvgIpc) is 2.96. The van der Waals surface area contributed by atoms with Gasteiger partial charge in [0.2, 0.25) is 0 Å². The fourth-order valence-corrected chi connectivity index (χ4v) is 19.0. The van der Waals surface area contributed by atoms with Crippen LogP contribution in [-0.4, -0.2) is 89.0 Å². The van der Waals surface area contributed by atoms with Gasteiger partial charge in [0.05, 0.1) is 0 Å². The van der Waals surface area contributed by atoms with Crippen LogP contribution in [-0.2, 0) is 51.9 Å². The van der Waals surface area contributed by atoms with Crippen LogP contribution in [0.2, 0.25) is 0 Å². The van der Waals surface area contributed by atoms with Gasteiger partial charge in [-0.3, -0.25) is 0 Å². The summed E-state index contributed by atoms with van der Waals surface area (Å²) in [5.74, 6) is 0.905. The van der Waals surface area contributed by atoms with Gasteiger partial charge >= 0.3 is 36.2 Å². The molecule has 0 radical (unpaired) electrons. The van der Waals surface area contributed by atoms with Gasteiger partial charge in [0.25, 0.3) is 0 Å². The predicted molar refractivity (Wildman–Crippen MR) is 194 cm³/mol. The molecular weight excluding hydrogens is 689 g/mol. The number of hydrogen-bond donors (Lipinski definition) is 0. The molecule has 0 amide bonds. The lowest BCUT2D eigenvalue weighted by Gasteiger charge is -2.46. The Hall–Kier alpha value is 0.388. The Morgan fingerprint density at radius 2 is 0.354 bits per heavy atom. The van der Waals surface area contributed by atoms with Gasteiger partial charge in [-0.15, -0.1) is 0 Å². The summed E-state index contributed by atoms with van der Waals surface area (Å²) in [6, 6.07) is 0. The second-order valence-corrected chi connectivity index (χ2v) is 25.6. The molecule has 0 spiro atoms. The first-order valence-electron chi connectivity index (χ1n) is 18.1. The van der Waals surface area contributed by atoms with E-state index in [1.807, 2.05) is 111 Å². The number of rotatable bonds is 24. The van der Waals surface area contributed by atoms with E-state index in [0.717, 1.165) is 0 Å². The summed E-state index contributed by atoms with van der Waals surface area (Å²) in [6.45, 7) is 34.8. The maximum absolute atomic E-state index is 7.02. The van der Waals surface area contributed by atoms with Gasteiger partial charge in [0, 0.05) is 52.9 Å². The zero-order chi connectivity index (χ0) is 36.8. The van der Waals surface area contributed by atoms with Crippen molar-refractivity contribution in [1.29, 1.82) is 0 Å². The molecule has 0 aromatic heterocycles. The van der Waals surface area contributed by atoms with Crippen LogP contribution >= 0.6 is 0 Å². The van der Waals surface area contributed by atoms with Gasteiger partial charge in [0.1, 0.15) is 0 Å². The predicted octanol–water partition coefficient (Wildman–Crippen LogP) is 7.19. The van der Waals surface area contributed by atoms with Crippen molar-refractivity contribution in [3.8, 4) is 0 Å². The first kappa shape index (κ1) is 46.4. The van der Waals surface area contributed by atoms with Gasteiger partial charge in [-0.1, -0.05) is 111 Å². The Labute approximate surface area is 298 Å². The molecule has 0 aromatic carbocycles. The fourth-order valence-electron chi connectivity index (χ4n) is 3.48. The van der Waals surface area contributed by atoms with E-state index in [1.165, 1.54) is 0 Å². The maximum atomic E-state index is 7.02. The zero-order valence-corrected chi connectivity index (χ0v) is 37.2. The van der Waals surface area contributed by atoms with Crippen LogP contribution in [0, 0.1) is 47.3 Å². The Morgan fingerprint density at radius 3 is 0.438 bits per heavy atom. The highest BCUT2D eigenvalue weighted by atomic mass is 28.6. The molecule has 0 saturated carbocycles. The van der Waals surface area contributed by atoms with Crippen molar-refractivity contribution in [1.82, 2.24) is 0 Å². The highest BCUT2D eigenvalue weighted by Crippen LogP contribution is 2.37. The summed E-state index contributed by atoms with van der Waals surface area (Å²) in [4.78, 5) is 0. The SMILES string of the molecule is CC(C)CO[Si]1(OCC(C)C)O[Si](OCC(C)C)(OCC(C)C)O[Si](OCC(C)C)(OCC(C)C)O[Si](OCC(C)C)(OCC(C)C)O1. The molecule has 1 fully saturated rings. The topological polar surface area (TPSA) is 111 Å². The molecule has 0 N–H and O–H groups in total. The van der Waals surface area contributed by atoms with E-state index in [1.54, 1.807) is 0 Å². The maximum Gasteiger partial charge on any atom is 0.668 e. The van der Waals surface area contributed by atoms with E-state index in [9.17, 15) is 0 Å².